The van der Waals surface area contributed by atoms with Crippen LogP contribution in [0.25, 0.3) is 11.5 Å². The minimum absolute atomic E-state index is 0.244. The third-order valence-electron chi connectivity index (χ3n) is 4.71. The molecule has 142 valence electrons. The molecule has 1 aliphatic heterocycles. The average Bonchev–Trinajstić information content (AvgIpc) is 2.97. The molecule has 1 fully saturated rings. The van der Waals surface area contributed by atoms with Crippen LogP contribution in [0.5, 0.6) is 0 Å². The van der Waals surface area contributed by atoms with Crippen molar-refractivity contribution in [2.24, 2.45) is 0 Å². The highest BCUT2D eigenvalue weighted by Gasteiger charge is 2.31. The third-order valence-corrected chi connectivity index (χ3v) is 4.71. The van der Waals surface area contributed by atoms with Crippen LogP contribution >= 0.6 is 0 Å². The van der Waals surface area contributed by atoms with Gasteiger partial charge in [0.15, 0.2) is 0 Å². The van der Waals surface area contributed by atoms with Crippen LogP contribution in [-0.4, -0.2) is 47.5 Å². The Hall–Kier alpha value is -1.86. The Kier molecular flexibility index (Phi) is 5.67. The Morgan fingerprint density at radius 1 is 1.12 bits per heavy atom. The minimum Gasteiger partial charge on any atom is -0.441 e. The summed E-state index contributed by atoms with van der Waals surface area (Å²) in [5, 5.41) is 0. The van der Waals surface area contributed by atoms with Crippen molar-refractivity contribution in [2.45, 2.75) is 33.0 Å². The Labute approximate surface area is 151 Å². The molecular formula is C19H24F3N3O. The summed E-state index contributed by atoms with van der Waals surface area (Å²) in [4.78, 5) is 9.22. The van der Waals surface area contributed by atoms with E-state index in [4.69, 9.17) is 4.42 Å². The highest BCUT2D eigenvalue weighted by atomic mass is 19.4. The van der Waals surface area contributed by atoms with Crippen LogP contribution in [0.1, 0.15) is 30.4 Å². The Balaban J connectivity index is 1.70. The maximum Gasteiger partial charge on any atom is 0.416 e. The number of aryl methyl sites for hydroxylation is 1. The quantitative estimate of drug-likeness (QED) is 0.793. The summed E-state index contributed by atoms with van der Waals surface area (Å²) >= 11 is 0. The molecule has 0 saturated carbocycles. The number of hydrogen-bond donors (Lipinski definition) is 0. The molecule has 0 aliphatic carbocycles. The number of oxazole rings is 1. The lowest BCUT2D eigenvalue weighted by Gasteiger charge is -2.34. The Bertz CT molecular complexity index is 734. The maximum absolute atomic E-state index is 12.9. The van der Waals surface area contributed by atoms with E-state index in [2.05, 4.69) is 21.7 Å². The van der Waals surface area contributed by atoms with E-state index >= 15 is 0 Å². The minimum atomic E-state index is -4.38. The van der Waals surface area contributed by atoms with Crippen molar-refractivity contribution in [3.63, 3.8) is 0 Å². The predicted molar refractivity (Wildman–Crippen MR) is 93.7 cm³/mol. The second-order valence-corrected chi connectivity index (χ2v) is 6.72. The molecule has 0 bridgehead atoms. The molecule has 2 heterocycles. The van der Waals surface area contributed by atoms with Gasteiger partial charge in [0, 0.05) is 38.3 Å². The molecule has 0 unspecified atom stereocenters. The monoisotopic (exact) mass is 367 g/mol. The predicted octanol–water partition coefficient (Wildman–Crippen LogP) is 4.20. The van der Waals surface area contributed by atoms with Crippen LogP contribution in [0.2, 0.25) is 0 Å². The van der Waals surface area contributed by atoms with Gasteiger partial charge in [-0.25, -0.2) is 4.98 Å². The summed E-state index contributed by atoms with van der Waals surface area (Å²) < 4.78 is 44.4. The van der Waals surface area contributed by atoms with Crippen molar-refractivity contribution in [1.82, 2.24) is 14.8 Å². The summed E-state index contributed by atoms with van der Waals surface area (Å²) in [5.74, 6) is 0.904. The fourth-order valence-electron chi connectivity index (χ4n) is 3.23. The first-order valence-corrected chi connectivity index (χ1v) is 8.95. The van der Waals surface area contributed by atoms with Crippen molar-refractivity contribution in [3.05, 3.63) is 41.3 Å². The van der Waals surface area contributed by atoms with Gasteiger partial charge in [0.05, 0.1) is 11.3 Å². The zero-order chi connectivity index (χ0) is 18.7. The van der Waals surface area contributed by atoms with E-state index in [0.29, 0.717) is 17.9 Å². The molecule has 0 N–H and O–H groups in total. The first kappa shape index (κ1) is 18.9. The molecule has 0 spiro atoms. The zero-order valence-electron chi connectivity index (χ0n) is 15.1. The third kappa shape index (κ3) is 4.45. The van der Waals surface area contributed by atoms with Crippen molar-refractivity contribution >= 4 is 0 Å². The zero-order valence-corrected chi connectivity index (χ0v) is 15.1. The maximum atomic E-state index is 12.9. The summed E-state index contributed by atoms with van der Waals surface area (Å²) in [6, 6.07) is 5.10. The first-order valence-electron chi connectivity index (χ1n) is 8.95. The Morgan fingerprint density at radius 3 is 2.46 bits per heavy atom. The van der Waals surface area contributed by atoms with Gasteiger partial charge >= 0.3 is 6.18 Å². The molecule has 1 saturated heterocycles. The van der Waals surface area contributed by atoms with Crippen LogP contribution in [0.3, 0.4) is 0 Å². The lowest BCUT2D eigenvalue weighted by Crippen LogP contribution is -2.46. The van der Waals surface area contributed by atoms with Gasteiger partial charge in [-0.15, -0.1) is 0 Å². The molecule has 0 atom stereocenters. The van der Waals surface area contributed by atoms with Crippen molar-refractivity contribution in [2.75, 3.05) is 32.7 Å². The highest BCUT2D eigenvalue weighted by molar-refractivity contribution is 5.55. The molecule has 7 heteroatoms. The van der Waals surface area contributed by atoms with E-state index in [9.17, 15) is 13.2 Å². The van der Waals surface area contributed by atoms with Gasteiger partial charge in [0.1, 0.15) is 5.76 Å². The van der Waals surface area contributed by atoms with Gasteiger partial charge in [-0.2, -0.15) is 13.2 Å². The smallest absolute Gasteiger partial charge is 0.416 e. The van der Waals surface area contributed by atoms with Gasteiger partial charge in [-0.3, -0.25) is 4.90 Å². The van der Waals surface area contributed by atoms with Gasteiger partial charge < -0.3 is 9.32 Å². The van der Waals surface area contributed by atoms with Crippen LogP contribution in [0, 0.1) is 6.92 Å². The lowest BCUT2D eigenvalue weighted by molar-refractivity contribution is -0.137. The highest BCUT2D eigenvalue weighted by Crippen LogP contribution is 2.32. The van der Waals surface area contributed by atoms with Gasteiger partial charge in [-0.05, 0) is 38.1 Å². The SMILES string of the molecule is CCCN1CCN(Cc2nc(-c3cccc(C(F)(F)F)c3)oc2C)CC1. The van der Waals surface area contributed by atoms with Crippen molar-refractivity contribution in [3.8, 4) is 11.5 Å². The van der Waals surface area contributed by atoms with E-state index in [1.54, 1.807) is 6.07 Å². The summed E-state index contributed by atoms with van der Waals surface area (Å²) in [6.07, 6.45) is -3.22. The first-order chi connectivity index (χ1) is 12.4. The van der Waals surface area contributed by atoms with Crippen LogP contribution in [-0.2, 0) is 12.7 Å². The molecule has 0 radical (unpaired) electrons. The number of aromatic nitrogens is 1. The second kappa shape index (κ2) is 7.80. The number of nitrogens with zero attached hydrogens (tertiary/aromatic N) is 3. The van der Waals surface area contributed by atoms with E-state index < -0.39 is 11.7 Å². The molecule has 1 aromatic carbocycles. The molecule has 3 rings (SSSR count). The molecule has 4 nitrogen and oxygen atoms in total. The number of halogens is 3. The summed E-state index contributed by atoms with van der Waals surface area (Å²) in [6.45, 7) is 9.77. The van der Waals surface area contributed by atoms with E-state index in [1.807, 2.05) is 6.92 Å². The fraction of sp³-hybridized carbons (Fsp3) is 0.526. The van der Waals surface area contributed by atoms with Gasteiger partial charge in [0.2, 0.25) is 5.89 Å². The fourth-order valence-corrected chi connectivity index (χ4v) is 3.23. The normalized spacial score (nSPS) is 17.0. The molecular weight excluding hydrogens is 343 g/mol. The molecule has 2 aromatic rings. The van der Waals surface area contributed by atoms with E-state index in [-0.39, 0.29) is 5.89 Å². The van der Waals surface area contributed by atoms with E-state index in [0.717, 1.165) is 57.0 Å². The average molecular weight is 367 g/mol. The number of piperazine rings is 1. The number of hydrogen-bond acceptors (Lipinski definition) is 4. The largest absolute Gasteiger partial charge is 0.441 e. The lowest BCUT2D eigenvalue weighted by atomic mass is 10.1. The number of rotatable bonds is 5. The van der Waals surface area contributed by atoms with E-state index in [1.165, 1.54) is 6.07 Å². The summed E-state index contributed by atoms with van der Waals surface area (Å²) in [5.41, 5.74) is 0.447. The van der Waals surface area contributed by atoms with Crippen molar-refractivity contribution < 1.29 is 17.6 Å². The van der Waals surface area contributed by atoms with Crippen LogP contribution < -0.4 is 0 Å². The molecule has 26 heavy (non-hydrogen) atoms. The van der Waals surface area contributed by atoms with Crippen LogP contribution in [0.15, 0.2) is 28.7 Å². The topological polar surface area (TPSA) is 32.5 Å². The molecule has 1 aromatic heterocycles. The van der Waals surface area contributed by atoms with Crippen molar-refractivity contribution in [1.29, 1.82) is 0 Å². The summed E-state index contributed by atoms with van der Waals surface area (Å²) in [7, 11) is 0. The number of benzene rings is 1. The Morgan fingerprint density at radius 2 is 1.81 bits per heavy atom. The molecule has 1 aliphatic rings. The van der Waals surface area contributed by atoms with Gasteiger partial charge in [-0.1, -0.05) is 13.0 Å². The standard InChI is InChI=1S/C19H24F3N3O/c1-3-7-24-8-10-25(11-9-24)13-17-14(2)26-18(23-17)15-5-4-6-16(12-15)19(20,21)22/h4-6,12H,3,7-11,13H2,1-2H3. The number of alkyl halides is 3. The second-order valence-electron chi connectivity index (χ2n) is 6.72. The van der Waals surface area contributed by atoms with Crippen LogP contribution in [0.4, 0.5) is 13.2 Å². The molecule has 0 amide bonds. The van der Waals surface area contributed by atoms with Gasteiger partial charge in [0.25, 0.3) is 0 Å².